The first-order valence-electron chi connectivity index (χ1n) is 6.12. The van der Waals surface area contributed by atoms with Crippen molar-refractivity contribution in [3.63, 3.8) is 0 Å². The van der Waals surface area contributed by atoms with Gasteiger partial charge >= 0.3 is 0 Å². The quantitative estimate of drug-likeness (QED) is 0.539. The molecule has 0 saturated carbocycles. The Labute approximate surface area is 135 Å². The minimum atomic E-state index is -0.113. The van der Waals surface area contributed by atoms with Crippen molar-refractivity contribution in [3.8, 4) is 5.75 Å². The van der Waals surface area contributed by atoms with E-state index in [2.05, 4.69) is 13.2 Å². The van der Waals surface area contributed by atoms with E-state index in [1.54, 1.807) is 24.3 Å². The van der Waals surface area contributed by atoms with E-state index >= 15 is 0 Å². The molecule has 0 bridgehead atoms. The minimum absolute atomic E-state index is 0.0509. The number of benzene rings is 2. The number of aryl methyl sites for hydroxylation is 1. The third kappa shape index (κ3) is 6.98. The Kier molecular flexibility index (Phi) is 9.18. The number of Topliss-reactive ketones (excluding diaryl/α,β-unsaturated/α-hetero) is 1. The summed E-state index contributed by atoms with van der Waals surface area (Å²) in [6, 6.07) is 12.0. The van der Waals surface area contributed by atoms with Crippen molar-refractivity contribution in [1.29, 1.82) is 0 Å². The van der Waals surface area contributed by atoms with E-state index in [9.17, 15) is 4.79 Å². The topological polar surface area (TPSA) is 37.3 Å². The van der Waals surface area contributed by atoms with E-state index in [1.165, 1.54) is 13.0 Å². The van der Waals surface area contributed by atoms with Gasteiger partial charge in [0.15, 0.2) is 5.78 Å². The highest BCUT2D eigenvalue weighted by Gasteiger charge is 2.02. The number of carbonyl (C=O) groups is 1. The molecule has 0 aliphatic carbocycles. The van der Waals surface area contributed by atoms with Gasteiger partial charge in [-0.3, -0.25) is 4.79 Å². The van der Waals surface area contributed by atoms with Crippen LogP contribution in [0, 0.1) is 6.92 Å². The van der Waals surface area contributed by atoms with Gasteiger partial charge in [0.25, 0.3) is 0 Å². The maximum Gasteiger partial charge on any atom is 0.163 e. The Morgan fingerprint density at radius 1 is 1.05 bits per heavy atom. The summed E-state index contributed by atoms with van der Waals surface area (Å²) in [5, 5.41) is 10.3. The average Bonchev–Trinajstić information content (AvgIpc) is 2.46. The SMILES string of the molecule is C=C.CC(=O)c1ccccc1O.Cc1ccc(Cl)c(Cl)c1. The van der Waals surface area contributed by atoms with Crippen molar-refractivity contribution >= 4 is 29.0 Å². The molecule has 2 rings (SSSR count). The highest BCUT2D eigenvalue weighted by molar-refractivity contribution is 6.41. The number of rotatable bonds is 1. The predicted molar refractivity (Wildman–Crippen MR) is 90.6 cm³/mol. The first kappa shape index (κ1) is 19.2. The molecule has 0 heterocycles. The fourth-order valence-corrected chi connectivity index (χ4v) is 1.73. The molecule has 21 heavy (non-hydrogen) atoms. The lowest BCUT2D eigenvalue weighted by Gasteiger charge is -1.96. The van der Waals surface area contributed by atoms with E-state index in [-0.39, 0.29) is 11.5 Å². The van der Waals surface area contributed by atoms with Crippen molar-refractivity contribution < 1.29 is 9.90 Å². The number of para-hydroxylation sites is 1. The summed E-state index contributed by atoms with van der Waals surface area (Å²) < 4.78 is 0. The van der Waals surface area contributed by atoms with Crippen LogP contribution in [0.3, 0.4) is 0 Å². The molecule has 0 radical (unpaired) electrons. The zero-order valence-electron chi connectivity index (χ0n) is 12.1. The molecular weight excluding hydrogens is 307 g/mol. The van der Waals surface area contributed by atoms with Gasteiger partial charge in [-0.25, -0.2) is 0 Å². The fraction of sp³-hybridized carbons (Fsp3) is 0.118. The molecule has 2 aromatic rings. The van der Waals surface area contributed by atoms with E-state index in [4.69, 9.17) is 28.3 Å². The van der Waals surface area contributed by atoms with Crippen LogP contribution >= 0.6 is 23.2 Å². The van der Waals surface area contributed by atoms with Gasteiger partial charge in [-0.1, -0.05) is 41.4 Å². The smallest absolute Gasteiger partial charge is 0.163 e. The summed E-state index contributed by atoms with van der Waals surface area (Å²) >= 11 is 11.3. The van der Waals surface area contributed by atoms with Crippen molar-refractivity contribution in [2.45, 2.75) is 13.8 Å². The molecular formula is C17H18Cl2O2. The van der Waals surface area contributed by atoms with Gasteiger partial charge in [0.2, 0.25) is 0 Å². The Hall–Kier alpha value is -1.77. The number of phenols is 1. The lowest BCUT2D eigenvalue weighted by atomic mass is 10.1. The molecule has 0 atom stereocenters. The predicted octanol–water partition coefficient (Wildman–Crippen LogP) is 5.70. The van der Waals surface area contributed by atoms with Crippen LogP contribution < -0.4 is 0 Å². The second-order valence-corrected chi connectivity index (χ2v) is 4.81. The molecule has 2 aromatic carbocycles. The molecule has 4 heteroatoms. The van der Waals surface area contributed by atoms with Gasteiger partial charge in [0.1, 0.15) is 5.75 Å². The fourth-order valence-electron chi connectivity index (χ4n) is 1.37. The number of ketones is 1. The Morgan fingerprint density at radius 3 is 2.00 bits per heavy atom. The number of phenolic OH excluding ortho intramolecular Hbond substituents is 1. The normalized spacial score (nSPS) is 8.76. The highest BCUT2D eigenvalue weighted by Crippen LogP contribution is 2.21. The van der Waals surface area contributed by atoms with E-state index in [0.29, 0.717) is 15.6 Å². The molecule has 112 valence electrons. The summed E-state index contributed by atoms with van der Waals surface area (Å²) in [7, 11) is 0. The van der Waals surface area contributed by atoms with Gasteiger partial charge in [0.05, 0.1) is 15.6 Å². The summed E-state index contributed by atoms with van der Waals surface area (Å²) in [6.07, 6.45) is 0. The zero-order valence-corrected chi connectivity index (χ0v) is 13.6. The van der Waals surface area contributed by atoms with Gasteiger partial charge in [0, 0.05) is 0 Å². The molecule has 0 spiro atoms. The van der Waals surface area contributed by atoms with Gasteiger partial charge < -0.3 is 5.11 Å². The molecule has 0 amide bonds. The van der Waals surface area contributed by atoms with Crippen molar-refractivity contribution in [3.05, 3.63) is 76.8 Å². The molecule has 2 nitrogen and oxygen atoms in total. The Bertz CT molecular complexity index is 595. The van der Waals surface area contributed by atoms with Crippen LogP contribution in [0.4, 0.5) is 0 Å². The van der Waals surface area contributed by atoms with Gasteiger partial charge in [-0.05, 0) is 43.7 Å². The van der Waals surface area contributed by atoms with Crippen LogP contribution in [0.5, 0.6) is 5.75 Å². The highest BCUT2D eigenvalue weighted by atomic mass is 35.5. The van der Waals surface area contributed by atoms with E-state index in [1.807, 2.05) is 19.1 Å². The largest absolute Gasteiger partial charge is 0.507 e. The lowest BCUT2D eigenvalue weighted by Crippen LogP contribution is -1.90. The number of hydrogen-bond acceptors (Lipinski definition) is 2. The first-order valence-corrected chi connectivity index (χ1v) is 6.88. The summed E-state index contributed by atoms with van der Waals surface area (Å²) in [5.41, 5.74) is 1.51. The second-order valence-electron chi connectivity index (χ2n) is 3.99. The summed E-state index contributed by atoms with van der Waals surface area (Å²) in [5.74, 6) is -0.0619. The van der Waals surface area contributed by atoms with Crippen molar-refractivity contribution in [2.24, 2.45) is 0 Å². The van der Waals surface area contributed by atoms with Crippen LogP contribution in [0.15, 0.2) is 55.6 Å². The van der Waals surface area contributed by atoms with Crippen molar-refractivity contribution in [1.82, 2.24) is 0 Å². The second kappa shape index (κ2) is 10.0. The van der Waals surface area contributed by atoms with E-state index < -0.39 is 0 Å². The molecule has 0 aromatic heterocycles. The van der Waals surface area contributed by atoms with Gasteiger partial charge in [-0.15, -0.1) is 13.2 Å². The number of carbonyl (C=O) groups excluding carboxylic acids is 1. The Morgan fingerprint density at radius 2 is 1.62 bits per heavy atom. The molecule has 0 fully saturated rings. The number of halogens is 2. The standard InChI is InChI=1S/C8H8O2.C7H6Cl2.C2H4/c1-6(9)7-4-2-3-5-8(7)10;1-5-2-3-6(8)7(9)4-5;1-2/h2-5,10H,1H3;2-4H,1H3;1-2H2. The molecule has 0 aliphatic heterocycles. The molecule has 1 N–H and O–H groups in total. The number of aromatic hydroxyl groups is 1. The van der Waals surface area contributed by atoms with Crippen LogP contribution in [-0.2, 0) is 0 Å². The van der Waals surface area contributed by atoms with Crippen molar-refractivity contribution in [2.75, 3.05) is 0 Å². The average molecular weight is 325 g/mol. The van der Waals surface area contributed by atoms with Crippen LogP contribution in [0.1, 0.15) is 22.8 Å². The van der Waals surface area contributed by atoms with Gasteiger partial charge in [-0.2, -0.15) is 0 Å². The molecule has 0 unspecified atom stereocenters. The summed E-state index contributed by atoms with van der Waals surface area (Å²) in [6.45, 7) is 9.40. The lowest BCUT2D eigenvalue weighted by molar-refractivity contribution is 0.101. The monoisotopic (exact) mass is 324 g/mol. The van der Waals surface area contributed by atoms with E-state index in [0.717, 1.165) is 5.56 Å². The van der Waals surface area contributed by atoms with Crippen LogP contribution in [0.2, 0.25) is 10.0 Å². The summed E-state index contributed by atoms with van der Waals surface area (Å²) in [4.78, 5) is 10.7. The van der Waals surface area contributed by atoms with Crippen LogP contribution in [-0.4, -0.2) is 10.9 Å². The number of hydrogen-bond donors (Lipinski definition) is 1. The maximum absolute atomic E-state index is 10.7. The third-order valence-electron chi connectivity index (χ3n) is 2.36. The van der Waals surface area contributed by atoms with Crippen LogP contribution in [0.25, 0.3) is 0 Å². The minimum Gasteiger partial charge on any atom is -0.507 e. The maximum atomic E-state index is 10.7. The molecule has 0 saturated heterocycles. The third-order valence-corrected chi connectivity index (χ3v) is 3.10. The Balaban J connectivity index is 0.000000342. The first-order chi connectivity index (χ1) is 9.91. The molecule has 0 aliphatic rings. The zero-order chi connectivity index (χ0) is 16.4.